The lowest BCUT2D eigenvalue weighted by Gasteiger charge is -2.32. The zero-order valence-corrected chi connectivity index (χ0v) is 12.5. The van der Waals surface area contributed by atoms with E-state index in [0.29, 0.717) is 11.6 Å². The molecular weight excluding hydrogens is 264 g/mol. The van der Waals surface area contributed by atoms with Gasteiger partial charge in [-0.2, -0.15) is 5.10 Å². The fourth-order valence-corrected chi connectivity index (χ4v) is 2.90. The molecule has 3 heterocycles. The van der Waals surface area contributed by atoms with Crippen LogP contribution in [0, 0.1) is 0 Å². The highest BCUT2D eigenvalue weighted by atomic mass is 16.2. The van der Waals surface area contributed by atoms with Gasteiger partial charge in [-0.25, -0.2) is 4.52 Å². The summed E-state index contributed by atoms with van der Waals surface area (Å²) in [7, 11) is 0. The number of carbonyl (C=O) groups is 1. The van der Waals surface area contributed by atoms with E-state index in [-0.39, 0.29) is 5.91 Å². The van der Waals surface area contributed by atoms with Crippen molar-refractivity contribution in [3.8, 4) is 0 Å². The van der Waals surface area contributed by atoms with Crippen molar-refractivity contribution >= 4 is 11.4 Å². The van der Waals surface area contributed by atoms with Gasteiger partial charge < -0.3 is 10.2 Å². The molecule has 0 aliphatic carbocycles. The molecule has 0 aromatic carbocycles. The van der Waals surface area contributed by atoms with Gasteiger partial charge in [0, 0.05) is 25.3 Å². The van der Waals surface area contributed by atoms with Crippen LogP contribution in [-0.2, 0) is 0 Å². The van der Waals surface area contributed by atoms with E-state index in [2.05, 4.69) is 17.3 Å². The number of nitrogens with zero attached hydrogens (tertiary/aromatic N) is 3. The highest BCUT2D eigenvalue weighted by molar-refractivity contribution is 6.00. The van der Waals surface area contributed by atoms with Crippen molar-refractivity contribution in [1.82, 2.24) is 19.8 Å². The van der Waals surface area contributed by atoms with Crippen LogP contribution in [-0.4, -0.2) is 46.1 Å². The topological polar surface area (TPSA) is 49.6 Å². The number of aromatic nitrogens is 2. The van der Waals surface area contributed by atoms with E-state index < -0.39 is 0 Å². The molecule has 0 unspecified atom stereocenters. The van der Waals surface area contributed by atoms with Crippen molar-refractivity contribution in [2.75, 3.05) is 19.6 Å². The van der Waals surface area contributed by atoms with E-state index in [1.54, 1.807) is 10.7 Å². The minimum atomic E-state index is 0.102. The van der Waals surface area contributed by atoms with Gasteiger partial charge in [-0.15, -0.1) is 0 Å². The van der Waals surface area contributed by atoms with Crippen molar-refractivity contribution in [2.45, 2.75) is 32.2 Å². The number of likely N-dealkylation sites (tertiary alicyclic amines) is 1. The Morgan fingerprint density at radius 2 is 2.19 bits per heavy atom. The Labute approximate surface area is 124 Å². The molecule has 1 aliphatic heterocycles. The smallest absolute Gasteiger partial charge is 0.257 e. The van der Waals surface area contributed by atoms with Crippen molar-refractivity contribution in [2.24, 2.45) is 0 Å². The van der Waals surface area contributed by atoms with Crippen LogP contribution in [0.15, 0.2) is 30.6 Å². The minimum absolute atomic E-state index is 0.102. The number of hydrogen-bond acceptors (Lipinski definition) is 3. The number of nitrogens with one attached hydrogen (secondary N) is 1. The monoisotopic (exact) mass is 286 g/mol. The second-order valence-electron chi connectivity index (χ2n) is 5.61. The molecular formula is C16H22N4O. The van der Waals surface area contributed by atoms with Crippen LogP contribution >= 0.6 is 0 Å². The number of pyridine rings is 1. The van der Waals surface area contributed by atoms with Gasteiger partial charge in [0.05, 0.1) is 17.3 Å². The van der Waals surface area contributed by atoms with Crippen LogP contribution in [0.1, 0.15) is 36.5 Å². The molecule has 2 aromatic rings. The van der Waals surface area contributed by atoms with E-state index >= 15 is 0 Å². The molecule has 0 atom stereocenters. The maximum Gasteiger partial charge on any atom is 0.257 e. The minimum Gasteiger partial charge on any atom is -0.338 e. The summed E-state index contributed by atoms with van der Waals surface area (Å²) in [5.74, 6) is 0.102. The zero-order valence-electron chi connectivity index (χ0n) is 12.5. The summed E-state index contributed by atoms with van der Waals surface area (Å²) in [6, 6.07) is 6.35. The van der Waals surface area contributed by atoms with Crippen LogP contribution in [0.25, 0.3) is 5.52 Å². The molecule has 112 valence electrons. The van der Waals surface area contributed by atoms with Gasteiger partial charge in [0.25, 0.3) is 5.91 Å². The molecule has 3 rings (SSSR count). The quantitative estimate of drug-likeness (QED) is 0.934. The van der Waals surface area contributed by atoms with E-state index in [1.807, 2.05) is 29.3 Å². The molecule has 1 aliphatic rings. The number of amides is 1. The highest BCUT2D eigenvalue weighted by Gasteiger charge is 2.24. The fraction of sp³-hybridized carbons (Fsp3) is 0.500. The number of piperidine rings is 1. The summed E-state index contributed by atoms with van der Waals surface area (Å²) in [5, 5.41) is 7.79. The Morgan fingerprint density at radius 3 is 2.95 bits per heavy atom. The van der Waals surface area contributed by atoms with Gasteiger partial charge in [-0.1, -0.05) is 13.0 Å². The lowest BCUT2D eigenvalue weighted by molar-refractivity contribution is 0.0707. The molecule has 1 saturated heterocycles. The third-order valence-corrected chi connectivity index (χ3v) is 4.12. The highest BCUT2D eigenvalue weighted by Crippen LogP contribution is 2.17. The van der Waals surface area contributed by atoms with Crippen LogP contribution in [0.3, 0.4) is 0 Å². The standard InChI is InChI=1S/C16H22N4O/c1-2-8-17-13-6-10-19(11-7-13)16(21)14-12-18-20-9-4-3-5-15(14)20/h3-5,9,12-13,17H,2,6-8,10-11H2,1H3. The van der Waals surface area contributed by atoms with Gasteiger partial charge >= 0.3 is 0 Å². The first kappa shape index (κ1) is 14.1. The summed E-state index contributed by atoms with van der Waals surface area (Å²) >= 11 is 0. The predicted octanol–water partition coefficient (Wildman–Crippen LogP) is 1.94. The molecule has 0 radical (unpaired) electrons. The van der Waals surface area contributed by atoms with Crippen molar-refractivity contribution in [1.29, 1.82) is 0 Å². The van der Waals surface area contributed by atoms with Crippen LogP contribution in [0.2, 0.25) is 0 Å². The van der Waals surface area contributed by atoms with Gasteiger partial charge in [0.2, 0.25) is 0 Å². The molecule has 0 spiro atoms. The predicted molar refractivity (Wildman–Crippen MR) is 82.4 cm³/mol. The van der Waals surface area contributed by atoms with E-state index in [4.69, 9.17) is 0 Å². The summed E-state index contributed by atoms with van der Waals surface area (Å²) < 4.78 is 1.75. The molecule has 1 N–H and O–H groups in total. The third-order valence-electron chi connectivity index (χ3n) is 4.12. The Hall–Kier alpha value is -1.88. The molecule has 21 heavy (non-hydrogen) atoms. The number of hydrogen-bond donors (Lipinski definition) is 1. The van der Waals surface area contributed by atoms with Crippen molar-refractivity contribution < 1.29 is 4.79 Å². The van der Waals surface area contributed by atoms with Gasteiger partial charge in [-0.3, -0.25) is 4.79 Å². The molecule has 0 bridgehead atoms. The summed E-state index contributed by atoms with van der Waals surface area (Å²) in [4.78, 5) is 14.6. The normalized spacial score (nSPS) is 16.5. The molecule has 5 heteroatoms. The summed E-state index contributed by atoms with van der Waals surface area (Å²) in [6.45, 7) is 4.89. The van der Waals surface area contributed by atoms with E-state index in [9.17, 15) is 4.79 Å². The second kappa shape index (κ2) is 6.26. The number of carbonyl (C=O) groups excluding carboxylic acids is 1. The first-order valence-electron chi connectivity index (χ1n) is 7.74. The molecule has 1 fully saturated rings. The van der Waals surface area contributed by atoms with Crippen molar-refractivity contribution in [3.05, 3.63) is 36.2 Å². The van der Waals surface area contributed by atoms with Crippen LogP contribution in [0.5, 0.6) is 0 Å². The average molecular weight is 286 g/mol. The fourth-order valence-electron chi connectivity index (χ4n) is 2.90. The SMILES string of the molecule is CCCNC1CCN(C(=O)c2cnn3ccccc23)CC1. The first-order chi connectivity index (χ1) is 10.3. The average Bonchev–Trinajstić information content (AvgIpc) is 2.97. The Morgan fingerprint density at radius 1 is 1.38 bits per heavy atom. The summed E-state index contributed by atoms with van der Waals surface area (Å²) in [6.07, 6.45) is 6.77. The first-order valence-corrected chi connectivity index (χ1v) is 7.74. The van der Waals surface area contributed by atoms with Gasteiger partial charge in [0.1, 0.15) is 0 Å². The molecule has 0 saturated carbocycles. The third kappa shape index (κ3) is 2.93. The second-order valence-corrected chi connectivity index (χ2v) is 5.61. The largest absolute Gasteiger partial charge is 0.338 e. The number of fused-ring (bicyclic) bond motifs is 1. The van der Waals surface area contributed by atoms with E-state index in [1.165, 1.54) is 0 Å². The molecule has 2 aromatic heterocycles. The molecule has 1 amide bonds. The lowest BCUT2D eigenvalue weighted by Crippen LogP contribution is -2.45. The summed E-state index contributed by atoms with van der Waals surface area (Å²) in [5.41, 5.74) is 1.59. The Kier molecular flexibility index (Phi) is 4.20. The van der Waals surface area contributed by atoms with Crippen LogP contribution in [0.4, 0.5) is 0 Å². The Bertz CT molecular complexity index is 614. The van der Waals surface area contributed by atoms with Crippen LogP contribution < -0.4 is 5.32 Å². The van der Waals surface area contributed by atoms with Gasteiger partial charge in [0.15, 0.2) is 0 Å². The number of rotatable bonds is 4. The van der Waals surface area contributed by atoms with E-state index in [0.717, 1.165) is 44.4 Å². The lowest BCUT2D eigenvalue weighted by atomic mass is 10.0. The van der Waals surface area contributed by atoms with Crippen molar-refractivity contribution in [3.63, 3.8) is 0 Å². The maximum absolute atomic E-state index is 12.6. The maximum atomic E-state index is 12.6. The zero-order chi connectivity index (χ0) is 14.7. The Balaban J connectivity index is 1.67. The molecule has 5 nitrogen and oxygen atoms in total. The van der Waals surface area contributed by atoms with Gasteiger partial charge in [-0.05, 0) is 37.9 Å².